The molecule has 0 unspecified atom stereocenters. The number of benzene rings is 2. The van der Waals surface area contributed by atoms with E-state index in [-0.39, 0.29) is 18.2 Å². The number of rotatable bonds is 7. The first-order chi connectivity index (χ1) is 13.1. The van der Waals surface area contributed by atoms with Crippen LogP contribution in [-0.2, 0) is 16.0 Å². The van der Waals surface area contributed by atoms with Crippen LogP contribution in [0.1, 0.15) is 16.1 Å². The Kier molecular flexibility index (Phi) is 6.57. The summed E-state index contributed by atoms with van der Waals surface area (Å²) in [4.78, 5) is 28.2. The van der Waals surface area contributed by atoms with E-state index in [9.17, 15) is 9.59 Å². The lowest BCUT2D eigenvalue weighted by atomic mass is 10.1. The first-order valence-corrected chi connectivity index (χ1v) is 9.57. The lowest BCUT2D eigenvalue weighted by Gasteiger charge is -2.06. The van der Waals surface area contributed by atoms with Gasteiger partial charge >= 0.3 is 5.97 Å². The standard InChI is InChI=1S/C20H17ClN2O3S/c21-16-8-4-5-14(11-16)9-10-22-18(24)12-26-20(25)17-13-27-19(23-17)15-6-2-1-3-7-15/h1-8,11,13H,9-10,12H2,(H,22,24). The van der Waals surface area contributed by atoms with E-state index >= 15 is 0 Å². The number of hydrogen-bond donors (Lipinski definition) is 1. The molecule has 0 saturated carbocycles. The predicted molar refractivity (Wildman–Crippen MR) is 106 cm³/mol. The van der Waals surface area contributed by atoms with E-state index in [0.29, 0.717) is 18.0 Å². The average molecular weight is 401 g/mol. The molecule has 0 atom stereocenters. The highest BCUT2D eigenvalue weighted by molar-refractivity contribution is 7.13. The van der Waals surface area contributed by atoms with Gasteiger partial charge in [-0.2, -0.15) is 0 Å². The minimum absolute atomic E-state index is 0.200. The van der Waals surface area contributed by atoms with Crippen molar-refractivity contribution in [1.29, 1.82) is 0 Å². The SMILES string of the molecule is O=C(COC(=O)c1csc(-c2ccccc2)n1)NCCc1cccc(Cl)c1. The summed E-state index contributed by atoms with van der Waals surface area (Å²) in [5, 5.41) is 5.73. The maximum Gasteiger partial charge on any atom is 0.358 e. The van der Waals surface area contributed by atoms with Crippen molar-refractivity contribution in [1.82, 2.24) is 10.3 Å². The molecule has 27 heavy (non-hydrogen) atoms. The topological polar surface area (TPSA) is 68.3 Å². The van der Waals surface area contributed by atoms with E-state index in [0.717, 1.165) is 16.1 Å². The molecule has 0 spiro atoms. The van der Waals surface area contributed by atoms with Gasteiger partial charge < -0.3 is 10.1 Å². The molecule has 5 nitrogen and oxygen atoms in total. The third kappa shape index (κ3) is 5.64. The van der Waals surface area contributed by atoms with Gasteiger partial charge in [-0.1, -0.05) is 54.1 Å². The van der Waals surface area contributed by atoms with Crippen LogP contribution in [-0.4, -0.2) is 30.0 Å². The molecule has 0 aliphatic carbocycles. The molecule has 138 valence electrons. The Bertz CT molecular complexity index is 928. The Morgan fingerprint density at radius 2 is 1.93 bits per heavy atom. The van der Waals surface area contributed by atoms with Crippen LogP contribution < -0.4 is 5.32 Å². The van der Waals surface area contributed by atoms with Crippen molar-refractivity contribution < 1.29 is 14.3 Å². The number of amides is 1. The van der Waals surface area contributed by atoms with Gasteiger partial charge in [0.25, 0.3) is 5.91 Å². The Morgan fingerprint density at radius 3 is 2.70 bits per heavy atom. The van der Waals surface area contributed by atoms with Crippen molar-refractivity contribution in [2.75, 3.05) is 13.2 Å². The van der Waals surface area contributed by atoms with Crippen LogP contribution in [0.15, 0.2) is 60.0 Å². The second-order valence-electron chi connectivity index (χ2n) is 5.71. The molecule has 1 heterocycles. The molecule has 3 aromatic rings. The Morgan fingerprint density at radius 1 is 1.11 bits per heavy atom. The summed E-state index contributed by atoms with van der Waals surface area (Å²) >= 11 is 7.27. The van der Waals surface area contributed by atoms with Gasteiger partial charge in [0.1, 0.15) is 5.01 Å². The molecule has 0 aliphatic heterocycles. The minimum atomic E-state index is -0.613. The number of carbonyl (C=O) groups excluding carboxylic acids is 2. The van der Waals surface area contributed by atoms with Crippen molar-refractivity contribution in [3.8, 4) is 10.6 Å². The molecule has 2 aromatic carbocycles. The van der Waals surface area contributed by atoms with E-state index in [1.165, 1.54) is 11.3 Å². The van der Waals surface area contributed by atoms with Crippen LogP contribution >= 0.6 is 22.9 Å². The molecule has 0 radical (unpaired) electrons. The second-order valence-corrected chi connectivity index (χ2v) is 7.00. The summed E-state index contributed by atoms with van der Waals surface area (Å²) in [6.45, 7) is 0.0954. The van der Waals surface area contributed by atoms with Gasteiger partial charge in [0.15, 0.2) is 12.3 Å². The number of carbonyl (C=O) groups is 2. The molecule has 0 saturated heterocycles. The molecule has 3 rings (SSSR count). The van der Waals surface area contributed by atoms with E-state index in [1.54, 1.807) is 11.4 Å². The molecule has 1 aromatic heterocycles. The van der Waals surface area contributed by atoms with E-state index in [4.69, 9.17) is 16.3 Å². The fourth-order valence-corrected chi connectivity index (χ4v) is 3.38. The van der Waals surface area contributed by atoms with E-state index < -0.39 is 5.97 Å². The number of ether oxygens (including phenoxy) is 1. The van der Waals surface area contributed by atoms with Gasteiger partial charge in [-0.3, -0.25) is 4.79 Å². The Hall–Kier alpha value is -2.70. The van der Waals surface area contributed by atoms with Crippen LogP contribution in [0.3, 0.4) is 0 Å². The molecule has 7 heteroatoms. The molecule has 0 bridgehead atoms. The third-order valence-corrected chi connectivity index (χ3v) is 4.82. The molecular formula is C20H17ClN2O3S. The van der Waals surface area contributed by atoms with Gasteiger partial charge in [-0.25, -0.2) is 9.78 Å². The highest BCUT2D eigenvalue weighted by Gasteiger charge is 2.14. The average Bonchev–Trinajstić information content (AvgIpc) is 3.17. The zero-order valence-corrected chi connectivity index (χ0v) is 15.9. The fourth-order valence-electron chi connectivity index (χ4n) is 2.38. The van der Waals surface area contributed by atoms with Crippen LogP contribution in [0.5, 0.6) is 0 Å². The summed E-state index contributed by atoms with van der Waals surface area (Å²) in [5.74, 6) is -0.970. The highest BCUT2D eigenvalue weighted by Crippen LogP contribution is 2.23. The van der Waals surface area contributed by atoms with Crippen LogP contribution in [0.25, 0.3) is 10.6 Å². The third-order valence-electron chi connectivity index (χ3n) is 3.69. The number of nitrogens with zero attached hydrogens (tertiary/aromatic N) is 1. The maximum absolute atomic E-state index is 12.1. The number of aromatic nitrogens is 1. The molecule has 1 N–H and O–H groups in total. The molecule has 0 fully saturated rings. The van der Waals surface area contributed by atoms with Gasteiger partial charge in [0.05, 0.1) is 0 Å². The van der Waals surface area contributed by atoms with Gasteiger partial charge in [-0.05, 0) is 24.1 Å². The van der Waals surface area contributed by atoms with Gasteiger partial charge in [0.2, 0.25) is 0 Å². The summed E-state index contributed by atoms with van der Waals surface area (Å²) < 4.78 is 5.03. The summed E-state index contributed by atoms with van der Waals surface area (Å²) in [6.07, 6.45) is 0.646. The predicted octanol–water partition coefficient (Wildman–Crippen LogP) is 3.98. The summed E-state index contributed by atoms with van der Waals surface area (Å²) in [6, 6.07) is 17.0. The zero-order chi connectivity index (χ0) is 19.1. The normalized spacial score (nSPS) is 10.4. The number of hydrogen-bond acceptors (Lipinski definition) is 5. The van der Waals surface area contributed by atoms with E-state index in [2.05, 4.69) is 10.3 Å². The zero-order valence-electron chi connectivity index (χ0n) is 14.4. The van der Waals surface area contributed by atoms with Crippen LogP contribution in [0, 0.1) is 0 Å². The second kappa shape index (κ2) is 9.30. The monoisotopic (exact) mass is 400 g/mol. The lowest BCUT2D eigenvalue weighted by molar-refractivity contribution is -0.124. The van der Waals surface area contributed by atoms with Crippen molar-refractivity contribution in [3.05, 3.63) is 76.3 Å². The number of nitrogens with one attached hydrogen (secondary N) is 1. The molecule has 0 aliphatic rings. The number of thiazole rings is 1. The number of esters is 1. The molecular weight excluding hydrogens is 384 g/mol. The van der Waals surface area contributed by atoms with Crippen molar-refractivity contribution in [2.24, 2.45) is 0 Å². The highest BCUT2D eigenvalue weighted by atomic mass is 35.5. The molecule has 1 amide bonds. The van der Waals surface area contributed by atoms with Gasteiger partial charge in [0, 0.05) is 22.5 Å². The minimum Gasteiger partial charge on any atom is -0.451 e. The first-order valence-electron chi connectivity index (χ1n) is 8.31. The quantitative estimate of drug-likeness (QED) is 0.609. The fraction of sp³-hybridized carbons (Fsp3) is 0.150. The first kappa shape index (κ1) is 19.1. The van der Waals surface area contributed by atoms with E-state index in [1.807, 2.05) is 48.5 Å². The van der Waals surface area contributed by atoms with Gasteiger partial charge in [-0.15, -0.1) is 11.3 Å². The Balaban J connectivity index is 1.43. The summed E-state index contributed by atoms with van der Waals surface area (Å²) in [7, 11) is 0. The maximum atomic E-state index is 12.1. The van der Waals surface area contributed by atoms with Crippen LogP contribution in [0.2, 0.25) is 5.02 Å². The van der Waals surface area contributed by atoms with Crippen LogP contribution in [0.4, 0.5) is 0 Å². The number of halogens is 1. The Labute approximate surface area is 166 Å². The lowest BCUT2D eigenvalue weighted by Crippen LogP contribution is -2.30. The van der Waals surface area contributed by atoms with Crippen molar-refractivity contribution in [2.45, 2.75) is 6.42 Å². The largest absolute Gasteiger partial charge is 0.451 e. The van der Waals surface area contributed by atoms with Crippen molar-refractivity contribution >= 4 is 34.8 Å². The smallest absolute Gasteiger partial charge is 0.358 e. The summed E-state index contributed by atoms with van der Waals surface area (Å²) in [5.41, 5.74) is 2.15. The van der Waals surface area contributed by atoms with Crippen molar-refractivity contribution in [3.63, 3.8) is 0 Å².